The highest BCUT2D eigenvalue weighted by molar-refractivity contribution is 5.96. The van der Waals surface area contributed by atoms with Crippen LogP contribution in [0.1, 0.15) is 10.4 Å². The van der Waals surface area contributed by atoms with E-state index in [-0.39, 0.29) is 5.91 Å². The van der Waals surface area contributed by atoms with Gasteiger partial charge in [0, 0.05) is 12.1 Å². The molecule has 0 bridgehead atoms. The molecule has 0 saturated heterocycles. The predicted molar refractivity (Wildman–Crippen MR) is 70.1 cm³/mol. The van der Waals surface area contributed by atoms with Crippen LogP contribution in [0.3, 0.4) is 0 Å². The minimum atomic E-state index is -0.206. The normalized spacial score (nSPS) is 13.5. The number of methoxy groups -OCH3 is 1. The molecule has 2 rings (SSSR count). The number of benzene rings is 1. The van der Waals surface area contributed by atoms with E-state index >= 15 is 0 Å². The van der Waals surface area contributed by atoms with Crippen molar-refractivity contribution >= 4 is 11.6 Å². The van der Waals surface area contributed by atoms with Crippen molar-refractivity contribution in [3.05, 3.63) is 47.8 Å². The van der Waals surface area contributed by atoms with Gasteiger partial charge in [0.1, 0.15) is 11.6 Å². The van der Waals surface area contributed by atoms with E-state index in [0.717, 1.165) is 0 Å². The third kappa shape index (κ3) is 2.63. The molecule has 1 amide bonds. The lowest BCUT2D eigenvalue weighted by Crippen LogP contribution is -2.32. The third-order valence-electron chi connectivity index (χ3n) is 2.55. The van der Waals surface area contributed by atoms with Crippen molar-refractivity contribution in [2.24, 2.45) is 0 Å². The fourth-order valence-corrected chi connectivity index (χ4v) is 1.59. The van der Waals surface area contributed by atoms with Crippen LogP contribution in [0.15, 0.2) is 42.2 Å². The van der Waals surface area contributed by atoms with E-state index in [9.17, 15) is 4.79 Å². The van der Waals surface area contributed by atoms with Gasteiger partial charge >= 0.3 is 0 Å². The molecule has 18 heavy (non-hydrogen) atoms. The lowest BCUT2D eigenvalue weighted by Gasteiger charge is -2.13. The second-order valence-electron chi connectivity index (χ2n) is 3.80. The quantitative estimate of drug-likeness (QED) is 0.695. The molecule has 1 aromatic carbocycles. The minimum absolute atomic E-state index is 0.206. The number of nitrogens with two attached hydrogens (primary N) is 1. The molecular weight excluding hydrogens is 230 g/mol. The summed E-state index contributed by atoms with van der Waals surface area (Å²) in [6, 6.07) is 4.92. The molecular formula is C13H15N3O2. The highest BCUT2D eigenvalue weighted by Crippen LogP contribution is 2.22. The van der Waals surface area contributed by atoms with E-state index < -0.39 is 0 Å². The number of nitrogen functional groups attached to an aromatic ring is 1. The highest BCUT2D eigenvalue weighted by Gasteiger charge is 2.10. The molecule has 0 atom stereocenters. The Hall–Kier alpha value is -2.43. The molecule has 5 nitrogen and oxygen atoms in total. The zero-order chi connectivity index (χ0) is 13.0. The van der Waals surface area contributed by atoms with Gasteiger partial charge in [0.2, 0.25) is 0 Å². The summed E-state index contributed by atoms with van der Waals surface area (Å²) >= 11 is 0. The summed E-state index contributed by atoms with van der Waals surface area (Å²) in [6.45, 7) is 0.706. The van der Waals surface area contributed by atoms with Crippen molar-refractivity contribution in [1.82, 2.24) is 10.6 Å². The Labute approximate surface area is 105 Å². The number of dihydropyridines is 1. The van der Waals surface area contributed by atoms with Gasteiger partial charge in [-0.2, -0.15) is 0 Å². The molecule has 1 heterocycles. The van der Waals surface area contributed by atoms with Crippen molar-refractivity contribution < 1.29 is 9.53 Å². The smallest absolute Gasteiger partial charge is 0.256 e. The largest absolute Gasteiger partial charge is 0.495 e. The third-order valence-corrected chi connectivity index (χ3v) is 2.55. The zero-order valence-electron chi connectivity index (χ0n) is 10.1. The van der Waals surface area contributed by atoms with Crippen LogP contribution >= 0.6 is 0 Å². The molecule has 0 spiro atoms. The molecule has 1 aliphatic rings. The van der Waals surface area contributed by atoms with E-state index in [2.05, 4.69) is 10.6 Å². The Morgan fingerprint density at radius 2 is 2.33 bits per heavy atom. The molecule has 0 fully saturated rings. The summed E-state index contributed by atoms with van der Waals surface area (Å²) in [5.74, 6) is 0.966. The van der Waals surface area contributed by atoms with Crippen molar-refractivity contribution in [2.75, 3.05) is 19.4 Å². The van der Waals surface area contributed by atoms with E-state index in [4.69, 9.17) is 10.5 Å². The van der Waals surface area contributed by atoms with Gasteiger partial charge in [-0.05, 0) is 24.3 Å². The summed E-state index contributed by atoms with van der Waals surface area (Å²) in [6.07, 6.45) is 5.65. The first-order chi connectivity index (χ1) is 8.70. The summed E-state index contributed by atoms with van der Waals surface area (Å²) in [5, 5.41) is 5.82. The van der Waals surface area contributed by atoms with Crippen LogP contribution in [-0.2, 0) is 0 Å². The molecule has 0 unspecified atom stereocenters. The number of amides is 1. The van der Waals surface area contributed by atoms with Crippen LogP contribution in [0.25, 0.3) is 0 Å². The lowest BCUT2D eigenvalue weighted by atomic mass is 10.1. The second kappa shape index (κ2) is 5.27. The van der Waals surface area contributed by atoms with Crippen LogP contribution in [0.5, 0.6) is 5.75 Å². The molecule has 5 heteroatoms. The average molecular weight is 245 g/mol. The number of hydrogen-bond donors (Lipinski definition) is 3. The van der Waals surface area contributed by atoms with E-state index in [1.807, 2.05) is 12.2 Å². The number of carbonyl (C=O) groups excluding carboxylic acids is 1. The van der Waals surface area contributed by atoms with E-state index in [1.54, 1.807) is 24.3 Å². The number of hydrogen-bond acceptors (Lipinski definition) is 4. The first-order valence-corrected chi connectivity index (χ1v) is 5.56. The van der Waals surface area contributed by atoms with Gasteiger partial charge in [-0.25, -0.2) is 0 Å². The summed E-state index contributed by atoms with van der Waals surface area (Å²) in [5.41, 5.74) is 6.70. The van der Waals surface area contributed by atoms with Crippen molar-refractivity contribution in [1.29, 1.82) is 0 Å². The SMILES string of the molecule is COc1cc(C(=O)NC2=CC=CCN2)ccc1N. The standard InChI is InChI=1S/C13H15N3O2/c1-18-11-8-9(5-6-10(11)14)13(17)16-12-4-2-3-7-15-12/h2-6,8,15H,7,14H2,1H3,(H,16,17). The molecule has 0 aromatic heterocycles. The molecule has 94 valence electrons. The monoisotopic (exact) mass is 245 g/mol. The number of ether oxygens (including phenoxy) is 1. The van der Waals surface area contributed by atoms with Crippen molar-refractivity contribution in [3.8, 4) is 5.75 Å². The maximum Gasteiger partial charge on any atom is 0.256 e. The van der Waals surface area contributed by atoms with Gasteiger partial charge in [-0.3, -0.25) is 4.79 Å². The van der Waals surface area contributed by atoms with Gasteiger partial charge in [-0.15, -0.1) is 0 Å². The Bertz CT molecular complexity index is 521. The fourth-order valence-electron chi connectivity index (χ4n) is 1.59. The van der Waals surface area contributed by atoms with Crippen LogP contribution in [0, 0.1) is 0 Å². The topological polar surface area (TPSA) is 76.4 Å². The number of nitrogens with one attached hydrogen (secondary N) is 2. The van der Waals surface area contributed by atoms with Gasteiger partial charge in [0.15, 0.2) is 0 Å². The summed E-state index contributed by atoms with van der Waals surface area (Å²) in [7, 11) is 1.52. The lowest BCUT2D eigenvalue weighted by molar-refractivity contribution is 0.0963. The number of anilines is 1. The first-order valence-electron chi connectivity index (χ1n) is 5.56. The van der Waals surface area contributed by atoms with Crippen LogP contribution in [0.4, 0.5) is 5.69 Å². The maximum atomic E-state index is 12.0. The minimum Gasteiger partial charge on any atom is -0.495 e. The second-order valence-corrected chi connectivity index (χ2v) is 3.80. The Morgan fingerprint density at radius 1 is 1.50 bits per heavy atom. The maximum absolute atomic E-state index is 12.0. The van der Waals surface area contributed by atoms with Gasteiger partial charge in [0.25, 0.3) is 5.91 Å². The number of carbonyl (C=O) groups is 1. The molecule has 0 radical (unpaired) electrons. The Morgan fingerprint density at radius 3 is 3.00 bits per heavy atom. The predicted octanol–water partition coefficient (Wildman–Crippen LogP) is 1.01. The van der Waals surface area contributed by atoms with E-state index in [1.165, 1.54) is 7.11 Å². The average Bonchev–Trinajstić information content (AvgIpc) is 2.40. The highest BCUT2D eigenvalue weighted by atomic mass is 16.5. The molecule has 4 N–H and O–H groups in total. The zero-order valence-corrected chi connectivity index (χ0v) is 10.1. The fraction of sp³-hybridized carbons (Fsp3) is 0.154. The number of allylic oxidation sites excluding steroid dienone is 2. The molecule has 0 saturated carbocycles. The Balaban J connectivity index is 2.13. The Kier molecular flexibility index (Phi) is 3.52. The van der Waals surface area contributed by atoms with Crippen LogP contribution in [-0.4, -0.2) is 19.6 Å². The van der Waals surface area contributed by atoms with Gasteiger partial charge < -0.3 is 21.1 Å². The number of rotatable bonds is 3. The summed E-state index contributed by atoms with van der Waals surface area (Å²) < 4.78 is 5.08. The van der Waals surface area contributed by atoms with Crippen molar-refractivity contribution in [2.45, 2.75) is 0 Å². The molecule has 1 aliphatic heterocycles. The first kappa shape index (κ1) is 12.0. The van der Waals surface area contributed by atoms with E-state index in [0.29, 0.717) is 29.4 Å². The van der Waals surface area contributed by atoms with Gasteiger partial charge in [-0.1, -0.05) is 12.2 Å². The molecule has 1 aromatic rings. The van der Waals surface area contributed by atoms with Crippen LogP contribution < -0.4 is 21.1 Å². The molecule has 0 aliphatic carbocycles. The van der Waals surface area contributed by atoms with Crippen molar-refractivity contribution in [3.63, 3.8) is 0 Å². The summed E-state index contributed by atoms with van der Waals surface area (Å²) in [4.78, 5) is 12.0. The van der Waals surface area contributed by atoms with Gasteiger partial charge in [0.05, 0.1) is 12.8 Å². The van der Waals surface area contributed by atoms with Crippen LogP contribution in [0.2, 0.25) is 0 Å².